The van der Waals surface area contributed by atoms with Crippen LogP contribution in [0.3, 0.4) is 0 Å². The van der Waals surface area contributed by atoms with Gasteiger partial charge in [0.25, 0.3) is 0 Å². The minimum atomic E-state index is -0.910. The lowest BCUT2D eigenvalue weighted by Crippen LogP contribution is -2.33. The van der Waals surface area contributed by atoms with E-state index >= 15 is 0 Å². The van der Waals surface area contributed by atoms with Gasteiger partial charge in [-0.15, -0.1) is 0 Å². The first-order chi connectivity index (χ1) is 6.08. The van der Waals surface area contributed by atoms with Crippen LogP contribution in [0.2, 0.25) is 5.02 Å². The van der Waals surface area contributed by atoms with Crippen LogP contribution in [0.4, 0.5) is 0 Å². The third kappa shape index (κ3) is 2.44. The standard InChI is InChI=1S/C10H14ClNO/c1-10(13,7-12-2)8-5-3-4-6-9(8)11/h3-6,12-13H,7H2,1-2H3. The van der Waals surface area contributed by atoms with E-state index in [4.69, 9.17) is 11.6 Å². The van der Waals surface area contributed by atoms with Crippen molar-refractivity contribution in [2.45, 2.75) is 12.5 Å². The zero-order valence-corrected chi connectivity index (χ0v) is 8.60. The van der Waals surface area contributed by atoms with Crippen molar-refractivity contribution < 1.29 is 5.11 Å². The molecule has 72 valence electrons. The Bertz CT molecular complexity index is 286. The van der Waals surface area contributed by atoms with Gasteiger partial charge in [-0.1, -0.05) is 29.8 Å². The van der Waals surface area contributed by atoms with E-state index in [1.165, 1.54) is 0 Å². The first kappa shape index (κ1) is 10.5. The second kappa shape index (κ2) is 4.09. The highest BCUT2D eigenvalue weighted by Crippen LogP contribution is 2.26. The lowest BCUT2D eigenvalue weighted by molar-refractivity contribution is 0.0593. The number of benzene rings is 1. The first-order valence-electron chi connectivity index (χ1n) is 4.20. The van der Waals surface area contributed by atoms with Crippen molar-refractivity contribution in [3.63, 3.8) is 0 Å². The summed E-state index contributed by atoms with van der Waals surface area (Å²) in [5.74, 6) is 0. The molecule has 0 aliphatic rings. The normalized spacial score (nSPS) is 15.4. The Morgan fingerprint density at radius 1 is 1.46 bits per heavy atom. The molecule has 0 aliphatic carbocycles. The largest absolute Gasteiger partial charge is 0.384 e. The van der Waals surface area contributed by atoms with Crippen molar-refractivity contribution >= 4 is 11.6 Å². The summed E-state index contributed by atoms with van der Waals surface area (Å²) in [5, 5.41) is 13.5. The summed E-state index contributed by atoms with van der Waals surface area (Å²) in [6.07, 6.45) is 0. The van der Waals surface area contributed by atoms with E-state index < -0.39 is 5.60 Å². The van der Waals surface area contributed by atoms with Crippen molar-refractivity contribution in [2.75, 3.05) is 13.6 Å². The number of hydrogen-bond donors (Lipinski definition) is 2. The molecule has 3 heteroatoms. The average Bonchev–Trinajstić information content (AvgIpc) is 2.04. The van der Waals surface area contributed by atoms with Crippen molar-refractivity contribution in [1.29, 1.82) is 0 Å². The summed E-state index contributed by atoms with van der Waals surface area (Å²) in [6, 6.07) is 7.33. The third-order valence-corrected chi connectivity index (χ3v) is 2.30. The van der Waals surface area contributed by atoms with Gasteiger partial charge in [0.05, 0.1) is 0 Å². The zero-order chi connectivity index (χ0) is 9.90. The van der Waals surface area contributed by atoms with Gasteiger partial charge < -0.3 is 10.4 Å². The molecule has 0 saturated heterocycles. The Balaban J connectivity index is 2.99. The van der Waals surface area contributed by atoms with Gasteiger partial charge >= 0.3 is 0 Å². The Morgan fingerprint density at radius 2 is 2.08 bits per heavy atom. The lowest BCUT2D eigenvalue weighted by Gasteiger charge is -2.24. The molecule has 0 saturated carbocycles. The molecule has 0 heterocycles. The number of aliphatic hydroxyl groups is 1. The highest BCUT2D eigenvalue weighted by atomic mass is 35.5. The van der Waals surface area contributed by atoms with Gasteiger partial charge in [0, 0.05) is 17.1 Å². The number of hydrogen-bond acceptors (Lipinski definition) is 2. The maximum Gasteiger partial charge on any atom is 0.101 e. The summed E-state index contributed by atoms with van der Waals surface area (Å²) in [7, 11) is 1.80. The summed E-state index contributed by atoms with van der Waals surface area (Å²) >= 11 is 5.96. The molecule has 2 nitrogen and oxygen atoms in total. The van der Waals surface area contributed by atoms with E-state index in [2.05, 4.69) is 5.32 Å². The van der Waals surface area contributed by atoms with Gasteiger partial charge in [-0.2, -0.15) is 0 Å². The van der Waals surface area contributed by atoms with Gasteiger partial charge in [0.15, 0.2) is 0 Å². The van der Waals surface area contributed by atoms with E-state index in [1.54, 1.807) is 20.0 Å². The lowest BCUT2D eigenvalue weighted by atomic mass is 9.96. The van der Waals surface area contributed by atoms with Crippen LogP contribution < -0.4 is 5.32 Å². The fourth-order valence-electron chi connectivity index (χ4n) is 1.34. The van der Waals surface area contributed by atoms with Crippen LogP contribution in [0.1, 0.15) is 12.5 Å². The van der Waals surface area contributed by atoms with Crippen LogP contribution in [0.25, 0.3) is 0 Å². The molecule has 1 atom stereocenters. The number of likely N-dealkylation sites (N-methyl/N-ethyl adjacent to an activating group) is 1. The van der Waals surface area contributed by atoms with Crippen LogP contribution in [0.15, 0.2) is 24.3 Å². The SMILES string of the molecule is CNCC(C)(O)c1ccccc1Cl. The highest BCUT2D eigenvalue weighted by Gasteiger charge is 2.23. The molecular weight excluding hydrogens is 186 g/mol. The molecule has 1 unspecified atom stereocenters. The molecule has 0 aliphatic heterocycles. The second-order valence-corrected chi connectivity index (χ2v) is 3.69. The molecule has 1 aromatic rings. The molecule has 0 amide bonds. The fourth-order valence-corrected chi connectivity index (χ4v) is 1.68. The van der Waals surface area contributed by atoms with Crippen molar-refractivity contribution in [3.8, 4) is 0 Å². The summed E-state index contributed by atoms with van der Waals surface area (Å²) in [6.45, 7) is 2.22. The summed E-state index contributed by atoms with van der Waals surface area (Å²) in [4.78, 5) is 0. The van der Waals surface area contributed by atoms with E-state index in [9.17, 15) is 5.11 Å². The van der Waals surface area contributed by atoms with Crippen LogP contribution in [0, 0.1) is 0 Å². The summed E-state index contributed by atoms with van der Waals surface area (Å²) in [5.41, 5.74) is -0.154. The van der Waals surface area contributed by atoms with Crippen molar-refractivity contribution in [3.05, 3.63) is 34.9 Å². The molecule has 13 heavy (non-hydrogen) atoms. The number of nitrogens with one attached hydrogen (secondary N) is 1. The third-order valence-electron chi connectivity index (χ3n) is 1.98. The van der Waals surface area contributed by atoms with Gasteiger partial charge in [-0.25, -0.2) is 0 Å². The molecule has 0 aromatic heterocycles. The molecule has 2 N–H and O–H groups in total. The Hall–Kier alpha value is -0.570. The van der Waals surface area contributed by atoms with Gasteiger partial charge in [-0.3, -0.25) is 0 Å². The predicted molar refractivity (Wildman–Crippen MR) is 54.9 cm³/mol. The minimum absolute atomic E-state index is 0.483. The Kier molecular flexibility index (Phi) is 3.31. The van der Waals surface area contributed by atoms with E-state index in [0.29, 0.717) is 11.6 Å². The molecule has 0 spiro atoms. The quantitative estimate of drug-likeness (QED) is 0.778. The van der Waals surface area contributed by atoms with E-state index in [0.717, 1.165) is 5.56 Å². The zero-order valence-electron chi connectivity index (χ0n) is 7.84. The van der Waals surface area contributed by atoms with E-state index in [-0.39, 0.29) is 0 Å². The molecule has 1 rings (SSSR count). The average molecular weight is 200 g/mol. The maximum atomic E-state index is 10.0. The first-order valence-corrected chi connectivity index (χ1v) is 4.58. The summed E-state index contributed by atoms with van der Waals surface area (Å²) < 4.78 is 0. The number of rotatable bonds is 3. The Morgan fingerprint density at radius 3 is 2.62 bits per heavy atom. The van der Waals surface area contributed by atoms with Crippen LogP contribution >= 0.6 is 11.6 Å². The smallest absolute Gasteiger partial charge is 0.101 e. The second-order valence-electron chi connectivity index (χ2n) is 3.28. The maximum absolute atomic E-state index is 10.0. The van der Waals surface area contributed by atoms with Crippen molar-refractivity contribution in [2.24, 2.45) is 0 Å². The molecule has 0 fully saturated rings. The van der Waals surface area contributed by atoms with Gasteiger partial charge in [0.2, 0.25) is 0 Å². The van der Waals surface area contributed by atoms with Gasteiger partial charge in [0.1, 0.15) is 5.60 Å². The topological polar surface area (TPSA) is 32.3 Å². The van der Waals surface area contributed by atoms with Crippen LogP contribution in [-0.4, -0.2) is 18.7 Å². The fraction of sp³-hybridized carbons (Fsp3) is 0.400. The monoisotopic (exact) mass is 199 g/mol. The molecular formula is C10H14ClNO. The van der Waals surface area contributed by atoms with Gasteiger partial charge in [-0.05, 0) is 20.0 Å². The molecule has 0 radical (unpaired) electrons. The molecule has 0 bridgehead atoms. The van der Waals surface area contributed by atoms with E-state index in [1.807, 2.05) is 18.2 Å². The Labute approximate surface area is 83.5 Å². The molecule has 1 aromatic carbocycles. The van der Waals surface area contributed by atoms with Crippen LogP contribution in [0.5, 0.6) is 0 Å². The minimum Gasteiger partial charge on any atom is -0.384 e. The predicted octanol–water partition coefficient (Wildman–Crippen LogP) is 1.77. The highest BCUT2D eigenvalue weighted by molar-refractivity contribution is 6.31. The van der Waals surface area contributed by atoms with Crippen LogP contribution in [-0.2, 0) is 5.60 Å². The van der Waals surface area contributed by atoms with Crippen molar-refractivity contribution in [1.82, 2.24) is 5.32 Å². The number of halogens is 1.